The highest BCUT2D eigenvalue weighted by Gasteiger charge is 2.29. The molecule has 4 nitrogen and oxygen atoms in total. The molecule has 0 spiro atoms. The number of methoxy groups -OCH3 is 1. The largest absolute Gasteiger partial charge is 0.496 e. The van der Waals surface area contributed by atoms with Gasteiger partial charge in [0.15, 0.2) is 5.78 Å². The van der Waals surface area contributed by atoms with E-state index in [0.717, 1.165) is 10.5 Å². The van der Waals surface area contributed by atoms with Crippen LogP contribution in [-0.2, 0) is 0 Å². The summed E-state index contributed by atoms with van der Waals surface area (Å²) in [6, 6.07) is 15.1. The fourth-order valence-electron chi connectivity index (χ4n) is 3.33. The van der Waals surface area contributed by atoms with Crippen molar-refractivity contribution < 1.29 is 14.3 Å². The minimum atomic E-state index is -0.0277. The molecule has 0 bridgehead atoms. The molecule has 0 aliphatic carbocycles. The maximum absolute atomic E-state index is 12.9. The number of ketones is 1. The highest BCUT2D eigenvalue weighted by molar-refractivity contribution is 7.98. The van der Waals surface area contributed by atoms with E-state index < -0.39 is 0 Å². The van der Waals surface area contributed by atoms with Crippen molar-refractivity contribution in [2.75, 3.05) is 26.5 Å². The van der Waals surface area contributed by atoms with Crippen molar-refractivity contribution in [3.63, 3.8) is 0 Å². The van der Waals surface area contributed by atoms with E-state index in [2.05, 4.69) is 0 Å². The summed E-state index contributed by atoms with van der Waals surface area (Å²) >= 11 is 1.61. The van der Waals surface area contributed by atoms with Crippen molar-refractivity contribution in [2.45, 2.75) is 17.7 Å². The quantitative estimate of drug-likeness (QED) is 0.587. The van der Waals surface area contributed by atoms with Crippen molar-refractivity contribution in [1.29, 1.82) is 0 Å². The Morgan fingerprint density at radius 2 is 1.77 bits per heavy atom. The van der Waals surface area contributed by atoms with Gasteiger partial charge in [0.1, 0.15) is 5.75 Å². The molecule has 3 rings (SSSR count). The zero-order valence-electron chi connectivity index (χ0n) is 15.1. The molecule has 0 unspecified atom stereocenters. The van der Waals surface area contributed by atoms with Crippen molar-refractivity contribution in [3.05, 3.63) is 59.7 Å². The Morgan fingerprint density at radius 3 is 2.38 bits per heavy atom. The molecule has 1 heterocycles. The molecule has 1 amide bonds. The summed E-state index contributed by atoms with van der Waals surface area (Å²) in [5.74, 6) is 0.742. The molecule has 1 fully saturated rings. The first-order valence-electron chi connectivity index (χ1n) is 8.74. The smallest absolute Gasteiger partial charge is 0.257 e. The molecule has 0 atom stereocenters. The van der Waals surface area contributed by atoms with Gasteiger partial charge in [-0.25, -0.2) is 0 Å². The number of likely N-dealkylation sites (tertiary alicyclic amines) is 1. The lowest BCUT2D eigenvalue weighted by Crippen LogP contribution is -2.40. The number of carbonyl (C=O) groups is 2. The predicted molar refractivity (Wildman–Crippen MR) is 104 cm³/mol. The molecule has 1 aliphatic heterocycles. The summed E-state index contributed by atoms with van der Waals surface area (Å²) in [5, 5.41) is 0. The number of carbonyl (C=O) groups excluding carboxylic acids is 2. The Hall–Kier alpha value is -2.27. The van der Waals surface area contributed by atoms with Crippen molar-refractivity contribution in [3.8, 4) is 5.75 Å². The van der Waals surface area contributed by atoms with Gasteiger partial charge in [0.25, 0.3) is 5.91 Å². The number of thioether (sulfide) groups is 1. The van der Waals surface area contributed by atoms with Gasteiger partial charge in [0, 0.05) is 29.5 Å². The average Bonchev–Trinajstić information content (AvgIpc) is 2.73. The predicted octanol–water partition coefficient (Wildman–Crippen LogP) is 4.15. The summed E-state index contributed by atoms with van der Waals surface area (Å²) < 4.78 is 5.40. The number of piperidine rings is 1. The van der Waals surface area contributed by atoms with Crippen LogP contribution in [0.15, 0.2) is 53.4 Å². The summed E-state index contributed by atoms with van der Waals surface area (Å²) in [6.45, 7) is 1.19. The van der Waals surface area contributed by atoms with Crippen molar-refractivity contribution in [1.82, 2.24) is 4.90 Å². The molecule has 0 aromatic heterocycles. The number of hydrogen-bond acceptors (Lipinski definition) is 4. The topological polar surface area (TPSA) is 46.6 Å². The summed E-state index contributed by atoms with van der Waals surface area (Å²) in [4.78, 5) is 28.4. The Morgan fingerprint density at radius 1 is 1.08 bits per heavy atom. The molecule has 5 heteroatoms. The fourth-order valence-corrected chi connectivity index (χ4v) is 3.76. The lowest BCUT2D eigenvalue weighted by atomic mass is 9.88. The molecular formula is C21H23NO3S. The van der Waals surface area contributed by atoms with Gasteiger partial charge in [0.05, 0.1) is 12.7 Å². The SMILES string of the molecule is COc1cc(SC)ccc1C(=O)N1CCC(C(=O)c2ccccc2)CC1. The zero-order chi connectivity index (χ0) is 18.5. The molecule has 26 heavy (non-hydrogen) atoms. The molecule has 2 aromatic carbocycles. The van der Waals surface area contributed by atoms with Crippen LogP contribution in [0.4, 0.5) is 0 Å². The van der Waals surface area contributed by atoms with Crippen LogP contribution in [0.5, 0.6) is 5.75 Å². The van der Waals surface area contributed by atoms with Gasteiger partial charge in [-0.3, -0.25) is 9.59 Å². The second kappa shape index (κ2) is 8.41. The van der Waals surface area contributed by atoms with Gasteiger partial charge in [-0.1, -0.05) is 30.3 Å². The summed E-state index contributed by atoms with van der Waals surface area (Å²) in [5.41, 5.74) is 1.34. The maximum atomic E-state index is 12.9. The van der Waals surface area contributed by atoms with Crippen molar-refractivity contribution >= 4 is 23.5 Å². The zero-order valence-corrected chi connectivity index (χ0v) is 15.9. The number of Topliss-reactive ketones (excluding diaryl/α,β-unsaturated/α-hetero) is 1. The molecular weight excluding hydrogens is 346 g/mol. The van der Waals surface area contributed by atoms with Crippen LogP contribution >= 0.6 is 11.8 Å². The van der Waals surface area contributed by atoms with Gasteiger partial charge in [-0.2, -0.15) is 0 Å². The first-order valence-corrected chi connectivity index (χ1v) is 9.97. The number of amides is 1. The van der Waals surface area contributed by atoms with Crippen LogP contribution in [0.25, 0.3) is 0 Å². The highest BCUT2D eigenvalue weighted by atomic mass is 32.2. The van der Waals surface area contributed by atoms with Crippen LogP contribution < -0.4 is 4.74 Å². The van der Waals surface area contributed by atoms with E-state index in [1.54, 1.807) is 18.9 Å². The minimum absolute atomic E-state index is 0.0118. The Balaban J connectivity index is 1.66. The van der Waals surface area contributed by atoms with Crippen LogP contribution in [-0.4, -0.2) is 43.0 Å². The third kappa shape index (κ3) is 3.93. The molecule has 0 N–H and O–H groups in total. The number of hydrogen-bond donors (Lipinski definition) is 0. The summed E-state index contributed by atoms with van der Waals surface area (Å²) in [7, 11) is 1.58. The van der Waals surface area contributed by atoms with E-state index in [0.29, 0.717) is 37.2 Å². The van der Waals surface area contributed by atoms with Gasteiger partial charge in [-0.05, 0) is 37.3 Å². The second-order valence-electron chi connectivity index (χ2n) is 6.36. The first kappa shape index (κ1) is 18.5. The third-order valence-corrected chi connectivity index (χ3v) is 5.58. The second-order valence-corrected chi connectivity index (χ2v) is 7.24. The number of benzene rings is 2. The van der Waals surface area contributed by atoms with E-state index in [1.165, 1.54) is 0 Å². The molecule has 1 aliphatic rings. The number of nitrogens with zero attached hydrogens (tertiary/aromatic N) is 1. The third-order valence-electron chi connectivity index (χ3n) is 4.85. The van der Waals surface area contributed by atoms with Crippen LogP contribution in [0.1, 0.15) is 33.6 Å². The van der Waals surface area contributed by atoms with Gasteiger partial charge in [-0.15, -0.1) is 11.8 Å². The van der Waals surface area contributed by atoms with Crippen LogP contribution in [0.3, 0.4) is 0 Å². The monoisotopic (exact) mass is 369 g/mol. The lowest BCUT2D eigenvalue weighted by Gasteiger charge is -2.31. The Kier molecular flexibility index (Phi) is 5.99. The van der Waals surface area contributed by atoms with E-state index in [4.69, 9.17) is 4.74 Å². The molecule has 2 aromatic rings. The molecule has 0 radical (unpaired) electrons. The standard InChI is InChI=1S/C21H23NO3S/c1-25-19-14-17(26-2)8-9-18(19)21(24)22-12-10-16(11-13-22)20(23)15-6-4-3-5-7-15/h3-9,14,16H,10-13H2,1-2H3. The normalized spacial score (nSPS) is 14.9. The van der Waals surface area contributed by atoms with Gasteiger partial charge >= 0.3 is 0 Å². The Labute approximate surface area is 158 Å². The molecule has 136 valence electrons. The minimum Gasteiger partial charge on any atom is -0.496 e. The number of rotatable bonds is 5. The Bertz CT molecular complexity index is 783. The van der Waals surface area contributed by atoms with Gasteiger partial charge < -0.3 is 9.64 Å². The van der Waals surface area contributed by atoms with E-state index in [1.807, 2.05) is 59.7 Å². The van der Waals surface area contributed by atoms with Crippen LogP contribution in [0, 0.1) is 5.92 Å². The fraction of sp³-hybridized carbons (Fsp3) is 0.333. The summed E-state index contributed by atoms with van der Waals surface area (Å²) in [6.07, 6.45) is 3.39. The molecule has 0 saturated carbocycles. The highest BCUT2D eigenvalue weighted by Crippen LogP contribution is 2.28. The van der Waals surface area contributed by atoms with Crippen molar-refractivity contribution in [2.24, 2.45) is 5.92 Å². The van der Waals surface area contributed by atoms with Crippen LogP contribution in [0.2, 0.25) is 0 Å². The number of ether oxygens (including phenoxy) is 1. The van der Waals surface area contributed by atoms with Gasteiger partial charge in [0.2, 0.25) is 0 Å². The van der Waals surface area contributed by atoms with E-state index in [9.17, 15) is 9.59 Å². The van der Waals surface area contributed by atoms with E-state index in [-0.39, 0.29) is 17.6 Å². The van der Waals surface area contributed by atoms with E-state index >= 15 is 0 Å². The first-order chi connectivity index (χ1) is 12.6. The maximum Gasteiger partial charge on any atom is 0.257 e. The average molecular weight is 369 g/mol. The molecule has 1 saturated heterocycles. The lowest BCUT2D eigenvalue weighted by molar-refractivity contribution is 0.0647.